The summed E-state index contributed by atoms with van der Waals surface area (Å²) in [7, 11) is 1.59. The van der Waals surface area contributed by atoms with Crippen molar-refractivity contribution in [2.45, 2.75) is 40.0 Å². The Balaban J connectivity index is 2.08. The van der Waals surface area contributed by atoms with Crippen LogP contribution in [0.5, 0.6) is 6.01 Å². The molecule has 1 aliphatic heterocycles. The Morgan fingerprint density at radius 2 is 1.95 bits per heavy atom. The molecule has 0 atom stereocenters. The highest BCUT2D eigenvalue weighted by Crippen LogP contribution is 2.27. The molecule has 1 N–H and O–H groups in total. The lowest BCUT2D eigenvalue weighted by Crippen LogP contribution is -2.36. The zero-order chi connectivity index (χ0) is 15.2. The Labute approximate surface area is 127 Å². The molecule has 0 amide bonds. The third kappa shape index (κ3) is 4.19. The Hall–Kier alpha value is -1.59. The molecule has 0 spiro atoms. The predicted octanol–water partition coefficient (Wildman–Crippen LogP) is 2.57. The Morgan fingerprint density at radius 3 is 2.52 bits per heavy atom. The maximum atomic E-state index is 5.20. The lowest BCUT2D eigenvalue weighted by molar-refractivity contribution is 0.309. The van der Waals surface area contributed by atoms with Crippen LogP contribution in [0.1, 0.15) is 40.0 Å². The molecule has 118 valence electrons. The van der Waals surface area contributed by atoms with Crippen LogP contribution in [0.25, 0.3) is 0 Å². The van der Waals surface area contributed by atoms with Crippen molar-refractivity contribution in [2.24, 2.45) is 11.8 Å². The summed E-state index contributed by atoms with van der Waals surface area (Å²) in [4.78, 5) is 15.4. The molecule has 6 heteroatoms. The molecule has 0 aliphatic carbocycles. The first kappa shape index (κ1) is 15.8. The average molecular weight is 293 g/mol. The highest BCUT2D eigenvalue weighted by molar-refractivity contribution is 5.38. The first-order valence-corrected chi connectivity index (χ1v) is 7.93. The molecule has 2 rings (SSSR count). The highest BCUT2D eigenvalue weighted by Gasteiger charge is 2.24. The van der Waals surface area contributed by atoms with Crippen molar-refractivity contribution in [1.29, 1.82) is 0 Å². The molecule has 0 saturated carbocycles. The molecule has 1 saturated heterocycles. The SMILES string of the molecule is CCCNc1nc(OC)nc(N2CCC(C(C)C)CC2)n1. The van der Waals surface area contributed by atoms with Gasteiger partial charge in [0.25, 0.3) is 0 Å². The van der Waals surface area contributed by atoms with Gasteiger partial charge >= 0.3 is 6.01 Å². The summed E-state index contributed by atoms with van der Waals surface area (Å²) in [6.45, 7) is 9.58. The van der Waals surface area contributed by atoms with E-state index in [2.05, 4.69) is 45.9 Å². The number of anilines is 2. The normalized spacial score (nSPS) is 16.3. The minimum Gasteiger partial charge on any atom is -0.467 e. The van der Waals surface area contributed by atoms with Gasteiger partial charge in [0.15, 0.2) is 0 Å². The van der Waals surface area contributed by atoms with Crippen LogP contribution >= 0.6 is 0 Å². The van der Waals surface area contributed by atoms with Crippen molar-refractivity contribution < 1.29 is 4.74 Å². The molecule has 2 heterocycles. The largest absolute Gasteiger partial charge is 0.467 e. The minimum atomic E-state index is 0.379. The summed E-state index contributed by atoms with van der Waals surface area (Å²) in [6.07, 6.45) is 3.43. The number of nitrogens with one attached hydrogen (secondary N) is 1. The summed E-state index contributed by atoms with van der Waals surface area (Å²) in [5, 5.41) is 3.21. The van der Waals surface area contributed by atoms with Gasteiger partial charge in [-0.3, -0.25) is 0 Å². The van der Waals surface area contributed by atoms with Crippen LogP contribution in [0.15, 0.2) is 0 Å². The van der Waals surface area contributed by atoms with Crippen molar-refractivity contribution in [3.05, 3.63) is 0 Å². The van der Waals surface area contributed by atoms with Crippen molar-refractivity contribution in [3.8, 4) is 6.01 Å². The first-order chi connectivity index (χ1) is 10.1. The van der Waals surface area contributed by atoms with Gasteiger partial charge in [-0.15, -0.1) is 0 Å². The third-order valence-corrected chi connectivity index (χ3v) is 4.08. The van der Waals surface area contributed by atoms with Crippen molar-refractivity contribution in [3.63, 3.8) is 0 Å². The van der Waals surface area contributed by atoms with E-state index in [0.717, 1.165) is 43.8 Å². The number of hydrogen-bond acceptors (Lipinski definition) is 6. The van der Waals surface area contributed by atoms with E-state index in [9.17, 15) is 0 Å². The van der Waals surface area contributed by atoms with E-state index in [-0.39, 0.29) is 0 Å². The lowest BCUT2D eigenvalue weighted by atomic mass is 9.87. The van der Waals surface area contributed by atoms with Gasteiger partial charge in [0.2, 0.25) is 11.9 Å². The van der Waals surface area contributed by atoms with Crippen LogP contribution in [-0.4, -0.2) is 41.7 Å². The second-order valence-electron chi connectivity index (χ2n) is 5.94. The third-order valence-electron chi connectivity index (χ3n) is 4.08. The molecule has 1 aromatic rings. The van der Waals surface area contributed by atoms with Gasteiger partial charge in [-0.25, -0.2) is 0 Å². The maximum Gasteiger partial charge on any atom is 0.322 e. The molecular formula is C15H27N5O. The standard InChI is InChI=1S/C15H27N5O/c1-5-8-16-13-17-14(19-15(18-13)21-4)20-9-6-12(7-10-20)11(2)3/h11-12H,5-10H2,1-4H3,(H,16,17,18,19). The van der Waals surface area contributed by atoms with Crippen LogP contribution in [0.3, 0.4) is 0 Å². The fraction of sp³-hybridized carbons (Fsp3) is 0.800. The number of rotatable bonds is 6. The second-order valence-corrected chi connectivity index (χ2v) is 5.94. The fourth-order valence-corrected chi connectivity index (χ4v) is 2.66. The van der Waals surface area contributed by atoms with Crippen LogP contribution in [0.2, 0.25) is 0 Å². The molecule has 1 aliphatic rings. The van der Waals surface area contributed by atoms with Gasteiger partial charge in [-0.2, -0.15) is 15.0 Å². The average Bonchev–Trinajstić information content (AvgIpc) is 2.52. The molecule has 0 radical (unpaired) electrons. The molecule has 21 heavy (non-hydrogen) atoms. The maximum absolute atomic E-state index is 5.20. The summed E-state index contributed by atoms with van der Waals surface area (Å²) in [6, 6.07) is 0.379. The summed E-state index contributed by atoms with van der Waals surface area (Å²) in [5.74, 6) is 2.89. The van der Waals surface area contributed by atoms with Gasteiger partial charge in [0, 0.05) is 19.6 Å². The number of hydrogen-bond donors (Lipinski definition) is 1. The number of aromatic nitrogens is 3. The van der Waals surface area contributed by atoms with E-state index in [1.807, 2.05) is 0 Å². The van der Waals surface area contributed by atoms with Crippen molar-refractivity contribution in [2.75, 3.05) is 37.0 Å². The van der Waals surface area contributed by atoms with Gasteiger partial charge < -0.3 is 15.0 Å². The minimum absolute atomic E-state index is 0.379. The Morgan fingerprint density at radius 1 is 1.24 bits per heavy atom. The monoisotopic (exact) mass is 293 g/mol. The first-order valence-electron chi connectivity index (χ1n) is 7.93. The summed E-state index contributed by atoms with van der Waals surface area (Å²) < 4.78 is 5.20. The van der Waals surface area contributed by atoms with Gasteiger partial charge in [-0.1, -0.05) is 20.8 Å². The molecule has 0 unspecified atom stereocenters. The number of methoxy groups -OCH3 is 1. The van der Waals surface area contributed by atoms with Crippen molar-refractivity contribution in [1.82, 2.24) is 15.0 Å². The molecule has 1 fully saturated rings. The summed E-state index contributed by atoms with van der Waals surface area (Å²) >= 11 is 0. The highest BCUT2D eigenvalue weighted by atomic mass is 16.5. The van der Waals surface area contributed by atoms with Gasteiger partial charge in [-0.05, 0) is 31.1 Å². The Kier molecular flexibility index (Phi) is 5.59. The molecular weight excluding hydrogens is 266 g/mol. The van der Waals surface area contributed by atoms with Gasteiger partial charge in [0.05, 0.1) is 7.11 Å². The van der Waals surface area contributed by atoms with Crippen LogP contribution in [0, 0.1) is 11.8 Å². The number of nitrogens with zero attached hydrogens (tertiary/aromatic N) is 4. The fourth-order valence-electron chi connectivity index (χ4n) is 2.66. The zero-order valence-electron chi connectivity index (χ0n) is 13.6. The van der Waals surface area contributed by atoms with Crippen molar-refractivity contribution >= 4 is 11.9 Å². The summed E-state index contributed by atoms with van der Waals surface area (Å²) in [5.41, 5.74) is 0. The van der Waals surface area contributed by atoms with E-state index in [1.54, 1.807) is 7.11 Å². The van der Waals surface area contributed by atoms with Crippen LogP contribution < -0.4 is 15.0 Å². The molecule has 0 aromatic carbocycles. The van der Waals surface area contributed by atoms with E-state index in [1.165, 1.54) is 12.8 Å². The van der Waals surface area contributed by atoms with E-state index in [4.69, 9.17) is 4.74 Å². The van der Waals surface area contributed by atoms with Crippen LogP contribution in [-0.2, 0) is 0 Å². The number of ether oxygens (including phenoxy) is 1. The lowest BCUT2D eigenvalue weighted by Gasteiger charge is -2.33. The van der Waals surface area contributed by atoms with E-state index < -0.39 is 0 Å². The molecule has 1 aromatic heterocycles. The second kappa shape index (κ2) is 7.43. The number of piperidine rings is 1. The van der Waals surface area contributed by atoms with E-state index in [0.29, 0.717) is 12.0 Å². The van der Waals surface area contributed by atoms with E-state index >= 15 is 0 Å². The quantitative estimate of drug-likeness (QED) is 0.869. The zero-order valence-corrected chi connectivity index (χ0v) is 13.6. The predicted molar refractivity (Wildman–Crippen MR) is 84.9 cm³/mol. The topological polar surface area (TPSA) is 63.2 Å². The molecule has 6 nitrogen and oxygen atoms in total. The molecule has 0 bridgehead atoms. The Bertz CT molecular complexity index is 444. The van der Waals surface area contributed by atoms with Crippen LogP contribution in [0.4, 0.5) is 11.9 Å². The smallest absolute Gasteiger partial charge is 0.322 e. The van der Waals surface area contributed by atoms with Gasteiger partial charge in [0.1, 0.15) is 0 Å².